The van der Waals surface area contributed by atoms with Crippen LogP contribution < -0.4 is 5.56 Å². The molecule has 3 nitrogen and oxygen atoms in total. The first-order valence-corrected chi connectivity index (χ1v) is 3.29. The number of hydrogen-bond acceptors (Lipinski definition) is 1. The summed E-state index contributed by atoms with van der Waals surface area (Å²) in [6, 6.07) is 1.48. The van der Waals surface area contributed by atoms with Gasteiger partial charge in [-0.15, -0.1) is 0 Å². The third-order valence-corrected chi connectivity index (χ3v) is 1.43. The topological polar surface area (TPSA) is 37.2 Å². The van der Waals surface area contributed by atoms with Crippen molar-refractivity contribution in [3.8, 4) is 0 Å². The van der Waals surface area contributed by atoms with E-state index in [9.17, 15) is 4.79 Å². The Hall–Kier alpha value is -1.08. The highest BCUT2D eigenvalue weighted by Gasteiger charge is 1.96. The van der Waals surface area contributed by atoms with Crippen molar-refractivity contribution in [3.05, 3.63) is 38.5 Å². The minimum absolute atomic E-state index is 0.106. The molecule has 0 saturated carbocycles. The summed E-state index contributed by atoms with van der Waals surface area (Å²) in [5.74, 6) is 0. The van der Waals surface area contributed by atoms with Crippen molar-refractivity contribution in [1.29, 1.82) is 0 Å². The third kappa shape index (κ3) is 1.25. The molecule has 1 heterocycles. The number of rotatable bonds is 0. The molecule has 0 spiro atoms. The maximum absolute atomic E-state index is 10.7. The fraction of sp³-hybridized carbons (Fsp3) is 0. The average Bonchev–Trinajstić information content (AvgIpc) is 1.94. The normalized spacial score (nSPS) is 8.80. The van der Waals surface area contributed by atoms with Crippen molar-refractivity contribution >= 4 is 21.6 Å². The summed E-state index contributed by atoms with van der Waals surface area (Å²) in [4.78, 5) is 16.1. The molecule has 0 aliphatic heterocycles. The van der Waals surface area contributed by atoms with Crippen LogP contribution >= 0.6 is 15.9 Å². The van der Waals surface area contributed by atoms with Crippen molar-refractivity contribution in [2.45, 2.75) is 0 Å². The van der Waals surface area contributed by atoms with E-state index in [-0.39, 0.29) is 11.2 Å². The predicted molar refractivity (Wildman–Crippen MR) is 41.0 cm³/mol. The van der Waals surface area contributed by atoms with Gasteiger partial charge in [0.25, 0.3) is 11.2 Å². The fourth-order valence-corrected chi connectivity index (χ4v) is 0.861. The van der Waals surface area contributed by atoms with Gasteiger partial charge in [-0.25, -0.2) is 4.85 Å². The molecule has 0 saturated heterocycles. The van der Waals surface area contributed by atoms with Gasteiger partial charge in [0.2, 0.25) is 0 Å². The number of H-pyrrole nitrogens is 1. The number of nitrogens with one attached hydrogen (secondary N) is 1. The van der Waals surface area contributed by atoms with E-state index in [4.69, 9.17) is 6.57 Å². The smallest absolute Gasteiger partial charge is 0.254 e. The van der Waals surface area contributed by atoms with Crippen LogP contribution in [-0.4, -0.2) is 4.98 Å². The van der Waals surface area contributed by atoms with Crippen LogP contribution in [0.25, 0.3) is 4.85 Å². The highest BCUT2D eigenvalue weighted by Crippen LogP contribution is 2.11. The molecule has 0 atom stereocenters. The van der Waals surface area contributed by atoms with Crippen LogP contribution in [0.1, 0.15) is 0 Å². The van der Waals surface area contributed by atoms with E-state index < -0.39 is 0 Å². The minimum Gasteiger partial charge on any atom is -0.337 e. The van der Waals surface area contributed by atoms with E-state index in [2.05, 4.69) is 25.8 Å². The van der Waals surface area contributed by atoms with Gasteiger partial charge in [0.05, 0.1) is 6.57 Å². The van der Waals surface area contributed by atoms with Crippen molar-refractivity contribution in [3.63, 3.8) is 0 Å². The average molecular weight is 199 g/mol. The molecule has 0 aromatic carbocycles. The second kappa shape index (κ2) is 2.67. The second-order valence-electron chi connectivity index (χ2n) is 1.64. The summed E-state index contributed by atoms with van der Waals surface area (Å²) in [6.45, 7) is 6.57. The molecule has 4 heteroatoms. The summed E-state index contributed by atoms with van der Waals surface area (Å²) >= 11 is 3.12. The Morgan fingerprint density at radius 1 is 1.70 bits per heavy atom. The Bertz CT molecular complexity index is 336. The van der Waals surface area contributed by atoms with Crippen molar-refractivity contribution in [2.75, 3.05) is 0 Å². The fourth-order valence-electron chi connectivity index (χ4n) is 0.529. The lowest BCUT2D eigenvalue weighted by atomic mass is 10.4. The summed E-state index contributed by atoms with van der Waals surface area (Å²) < 4.78 is 0.707. The summed E-state index contributed by atoms with van der Waals surface area (Å²) in [5, 5.41) is 0. The zero-order valence-corrected chi connectivity index (χ0v) is 6.47. The number of nitrogens with zero attached hydrogens (tertiary/aromatic N) is 1. The zero-order valence-electron chi connectivity index (χ0n) is 4.89. The molecule has 0 radical (unpaired) electrons. The molecular formula is C6H3BrN2O. The summed E-state index contributed by atoms with van der Waals surface area (Å²) in [5.41, 5.74) is -0.243. The van der Waals surface area contributed by atoms with Crippen LogP contribution in [0.2, 0.25) is 0 Å². The zero-order chi connectivity index (χ0) is 7.56. The van der Waals surface area contributed by atoms with Crippen LogP contribution in [0.5, 0.6) is 0 Å². The largest absolute Gasteiger partial charge is 0.337 e. The van der Waals surface area contributed by atoms with Gasteiger partial charge in [-0.1, -0.05) is 15.9 Å². The lowest BCUT2D eigenvalue weighted by Crippen LogP contribution is -2.01. The Morgan fingerprint density at radius 2 is 2.40 bits per heavy atom. The Labute approximate surface area is 65.6 Å². The molecule has 1 N–H and O–H groups in total. The molecule has 0 aliphatic rings. The third-order valence-electron chi connectivity index (χ3n) is 0.969. The van der Waals surface area contributed by atoms with Gasteiger partial charge in [-0.05, 0) is 6.07 Å². The van der Waals surface area contributed by atoms with E-state index >= 15 is 0 Å². The first-order valence-electron chi connectivity index (χ1n) is 2.50. The number of pyridine rings is 1. The molecule has 0 aliphatic carbocycles. The first kappa shape index (κ1) is 7.03. The van der Waals surface area contributed by atoms with E-state index in [0.29, 0.717) is 4.47 Å². The molecule has 50 valence electrons. The van der Waals surface area contributed by atoms with Crippen molar-refractivity contribution < 1.29 is 0 Å². The van der Waals surface area contributed by atoms with Crippen LogP contribution in [-0.2, 0) is 0 Å². The Morgan fingerprint density at radius 3 is 2.90 bits per heavy atom. The lowest BCUT2D eigenvalue weighted by Gasteiger charge is -1.88. The number of aromatic nitrogens is 1. The molecular weight excluding hydrogens is 196 g/mol. The molecule has 0 unspecified atom stereocenters. The monoisotopic (exact) mass is 198 g/mol. The lowest BCUT2D eigenvalue weighted by molar-refractivity contribution is 1.24. The Balaban J connectivity index is 3.40. The van der Waals surface area contributed by atoms with Gasteiger partial charge in [0, 0.05) is 10.7 Å². The highest BCUT2D eigenvalue weighted by atomic mass is 79.9. The molecule has 1 rings (SSSR count). The molecule has 0 amide bonds. The minimum atomic E-state index is -0.349. The van der Waals surface area contributed by atoms with Gasteiger partial charge < -0.3 is 4.98 Å². The standard InChI is InChI=1S/C6H3BrN2O/c1-8-5-2-4(7)3-9-6(5)10/h2-3H,(H,9,10). The van der Waals surface area contributed by atoms with Crippen molar-refractivity contribution in [1.82, 2.24) is 4.98 Å². The molecule has 1 aromatic heterocycles. The maximum Gasteiger partial charge on any atom is 0.254 e. The quantitative estimate of drug-likeness (QED) is 0.634. The van der Waals surface area contributed by atoms with Gasteiger partial charge in [-0.3, -0.25) is 4.79 Å². The first-order chi connectivity index (χ1) is 4.74. The Kier molecular flexibility index (Phi) is 1.88. The second-order valence-corrected chi connectivity index (χ2v) is 2.56. The molecule has 0 bridgehead atoms. The molecule has 1 aromatic rings. The van der Waals surface area contributed by atoms with Crippen LogP contribution in [0.3, 0.4) is 0 Å². The maximum atomic E-state index is 10.7. The van der Waals surface area contributed by atoms with Gasteiger partial charge in [0.15, 0.2) is 0 Å². The van der Waals surface area contributed by atoms with Gasteiger partial charge in [0.1, 0.15) is 0 Å². The number of hydrogen-bond donors (Lipinski definition) is 1. The van der Waals surface area contributed by atoms with E-state index in [0.717, 1.165) is 0 Å². The van der Waals surface area contributed by atoms with E-state index in [1.54, 1.807) is 0 Å². The van der Waals surface area contributed by atoms with Crippen molar-refractivity contribution in [2.24, 2.45) is 0 Å². The number of aromatic amines is 1. The van der Waals surface area contributed by atoms with Crippen LogP contribution in [0.15, 0.2) is 21.5 Å². The van der Waals surface area contributed by atoms with E-state index in [1.807, 2.05) is 0 Å². The highest BCUT2D eigenvalue weighted by molar-refractivity contribution is 9.10. The molecule has 10 heavy (non-hydrogen) atoms. The van der Waals surface area contributed by atoms with Gasteiger partial charge in [-0.2, -0.15) is 0 Å². The van der Waals surface area contributed by atoms with Crippen LogP contribution in [0, 0.1) is 6.57 Å². The molecule has 0 fully saturated rings. The summed E-state index contributed by atoms with van der Waals surface area (Å²) in [7, 11) is 0. The number of halogens is 1. The SMILES string of the molecule is [C-]#[N+]c1cc(Br)c[nH]c1=O. The summed E-state index contributed by atoms with van der Waals surface area (Å²) in [6.07, 6.45) is 1.50. The van der Waals surface area contributed by atoms with E-state index in [1.165, 1.54) is 12.3 Å². The van der Waals surface area contributed by atoms with Crippen LogP contribution in [0.4, 0.5) is 5.69 Å². The van der Waals surface area contributed by atoms with Gasteiger partial charge >= 0.3 is 0 Å². The predicted octanol–water partition coefficient (Wildman–Crippen LogP) is 1.69.